The van der Waals surface area contributed by atoms with Crippen LogP contribution in [0.15, 0.2) is 12.2 Å². The van der Waals surface area contributed by atoms with Gasteiger partial charge in [-0.05, 0) is 20.3 Å². The van der Waals surface area contributed by atoms with E-state index in [2.05, 4.69) is 11.9 Å². The standard InChI is InChI=1S/C11H21NO3/c1-5-15-11(13)9(2)8-12-10(3)6-7-14-4/h10,12H,2,5-8H2,1,3-4H3. The van der Waals surface area contributed by atoms with Gasteiger partial charge in [-0.3, -0.25) is 0 Å². The average Bonchev–Trinajstić information content (AvgIpc) is 2.23. The van der Waals surface area contributed by atoms with Crippen molar-refractivity contribution in [1.29, 1.82) is 0 Å². The second-order valence-electron chi connectivity index (χ2n) is 3.39. The van der Waals surface area contributed by atoms with Crippen molar-refractivity contribution in [1.82, 2.24) is 5.32 Å². The fraction of sp³-hybridized carbons (Fsp3) is 0.727. The Morgan fingerprint density at radius 2 is 2.20 bits per heavy atom. The molecule has 1 N–H and O–H groups in total. The average molecular weight is 215 g/mol. The van der Waals surface area contributed by atoms with Crippen LogP contribution in [-0.2, 0) is 14.3 Å². The zero-order valence-electron chi connectivity index (χ0n) is 9.84. The summed E-state index contributed by atoms with van der Waals surface area (Å²) >= 11 is 0. The lowest BCUT2D eigenvalue weighted by molar-refractivity contribution is -0.138. The highest BCUT2D eigenvalue weighted by Gasteiger charge is 2.08. The van der Waals surface area contributed by atoms with Gasteiger partial charge in [-0.15, -0.1) is 0 Å². The molecule has 0 rings (SSSR count). The van der Waals surface area contributed by atoms with Crippen molar-refractivity contribution in [3.8, 4) is 0 Å². The maximum Gasteiger partial charge on any atom is 0.334 e. The van der Waals surface area contributed by atoms with Crippen LogP contribution in [0.25, 0.3) is 0 Å². The molecule has 1 atom stereocenters. The van der Waals surface area contributed by atoms with Gasteiger partial charge in [0.25, 0.3) is 0 Å². The lowest BCUT2D eigenvalue weighted by atomic mass is 10.2. The summed E-state index contributed by atoms with van der Waals surface area (Å²) in [4.78, 5) is 11.2. The summed E-state index contributed by atoms with van der Waals surface area (Å²) in [7, 11) is 1.67. The first-order chi connectivity index (χ1) is 7.11. The third-order valence-corrected chi connectivity index (χ3v) is 1.98. The Bertz CT molecular complexity index is 204. The quantitative estimate of drug-likeness (QED) is 0.487. The highest BCUT2D eigenvalue weighted by Crippen LogP contribution is 1.96. The van der Waals surface area contributed by atoms with E-state index in [0.29, 0.717) is 31.4 Å². The van der Waals surface area contributed by atoms with Crippen LogP contribution in [0.5, 0.6) is 0 Å². The molecule has 0 aliphatic heterocycles. The van der Waals surface area contributed by atoms with Crippen molar-refractivity contribution in [2.45, 2.75) is 26.3 Å². The van der Waals surface area contributed by atoms with E-state index >= 15 is 0 Å². The van der Waals surface area contributed by atoms with Gasteiger partial charge >= 0.3 is 5.97 Å². The normalized spacial score (nSPS) is 12.2. The molecule has 0 radical (unpaired) electrons. The molecule has 4 nitrogen and oxygen atoms in total. The predicted octanol–water partition coefficient (Wildman–Crippen LogP) is 1.12. The Balaban J connectivity index is 3.65. The molecule has 0 fully saturated rings. The lowest BCUT2D eigenvalue weighted by Gasteiger charge is -2.13. The molecule has 0 saturated heterocycles. The van der Waals surface area contributed by atoms with E-state index in [1.54, 1.807) is 14.0 Å². The van der Waals surface area contributed by atoms with E-state index in [0.717, 1.165) is 6.42 Å². The molecule has 0 amide bonds. The summed E-state index contributed by atoms with van der Waals surface area (Å²) in [6, 6.07) is 0.302. The third kappa shape index (κ3) is 7.11. The van der Waals surface area contributed by atoms with Gasteiger partial charge in [0.2, 0.25) is 0 Å². The van der Waals surface area contributed by atoms with Crippen molar-refractivity contribution >= 4 is 5.97 Å². The fourth-order valence-corrected chi connectivity index (χ4v) is 0.999. The molecule has 0 aromatic carbocycles. The first-order valence-electron chi connectivity index (χ1n) is 5.19. The van der Waals surface area contributed by atoms with Crippen molar-refractivity contribution in [3.05, 3.63) is 12.2 Å². The van der Waals surface area contributed by atoms with Crippen LogP contribution in [-0.4, -0.2) is 38.9 Å². The SMILES string of the molecule is C=C(CNC(C)CCOC)C(=O)OCC. The molecule has 0 saturated carbocycles. The summed E-state index contributed by atoms with van der Waals surface area (Å²) in [6.07, 6.45) is 0.909. The molecule has 0 aliphatic carbocycles. The lowest BCUT2D eigenvalue weighted by Crippen LogP contribution is -2.30. The number of nitrogens with one attached hydrogen (secondary N) is 1. The molecule has 0 bridgehead atoms. The number of hydrogen-bond donors (Lipinski definition) is 1. The number of esters is 1. The van der Waals surface area contributed by atoms with Gasteiger partial charge in [0.15, 0.2) is 0 Å². The zero-order chi connectivity index (χ0) is 11.7. The molecule has 4 heteroatoms. The van der Waals surface area contributed by atoms with E-state index in [1.165, 1.54) is 0 Å². The van der Waals surface area contributed by atoms with Crippen LogP contribution in [0.2, 0.25) is 0 Å². The molecular formula is C11H21NO3. The largest absolute Gasteiger partial charge is 0.463 e. The molecule has 0 aromatic rings. The maximum atomic E-state index is 11.2. The molecule has 0 heterocycles. The molecule has 1 unspecified atom stereocenters. The van der Waals surface area contributed by atoms with E-state index in [9.17, 15) is 4.79 Å². The van der Waals surface area contributed by atoms with Crippen LogP contribution in [0.3, 0.4) is 0 Å². The number of rotatable bonds is 8. The smallest absolute Gasteiger partial charge is 0.334 e. The monoisotopic (exact) mass is 215 g/mol. The van der Waals surface area contributed by atoms with Gasteiger partial charge in [-0.2, -0.15) is 0 Å². The van der Waals surface area contributed by atoms with Crippen molar-refractivity contribution in [2.75, 3.05) is 26.9 Å². The second kappa shape index (κ2) is 8.44. The van der Waals surface area contributed by atoms with Crippen LogP contribution in [0.1, 0.15) is 20.3 Å². The first kappa shape index (κ1) is 14.1. The molecule has 88 valence electrons. The summed E-state index contributed by atoms with van der Waals surface area (Å²) in [5.74, 6) is -0.330. The van der Waals surface area contributed by atoms with Crippen LogP contribution < -0.4 is 5.32 Å². The van der Waals surface area contributed by atoms with E-state index in [1.807, 2.05) is 6.92 Å². The van der Waals surface area contributed by atoms with Gasteiger partial charge in [-0.1, -0.05) is 6.58 Å². The third-order valence-electron chi connectivity index (χ3n) is 1.98. The van der Waals surface area contributed by atoms with E-state index in [4.69, 9.17) is 9.47 Å². The van der Waals surface area contributed by atoms with Gasteiger partial charge in [0, 0.05) is 31.9 Å². The van der Waals surface area contributed by atoms with Crippen LogP contribution >= 0.6 is 0 Å². The van der Waals surface area contributed by atoms with Crippen LogP contribution in [0.4, 0.5) is 0 Å². The Morgan fingerprint density at radius 3 is 2.73 bits per heavy atom. The van der Waals surface area contributed by atoms with E-state index < -0.39 is 0 Å². The summed E-state index contributed by atoms with van der Waals surface area (Å²) in [5, 5.41) is 3.18. The van der Waals surface area contributed by atoms with Gasteiger partial charge < -0.3 is 14.8 Å². The van der Waals surface area contributed by atoms with Gasteiger partial charge in [-0.25, -0.2) is 4.79 Å². The topological polar surface area (TPSA) is 47.6 Å². The highest BCUT2D eigenvalue weighted by atomic mass is 16.5. The van der Waals surface area contributed by atoms with Gasteiger partial charge in [0.05, 0.1) is 6.61 Å². The minimum atomic E-state index is -0.330. The fourth-order valence-electron chi connectivity index (χ4n) is 0.999. The predicted molar refractivity (Wildman–Crippen MR) is 59.7 cm³/mol. The van der Waals surface area contributed by atoms with Crippen molar-refractivity contribution < 1.29 is 14.3 Å². The van der Waals surface area contributed by atoms with Crippen LogP contribution in [0, 0.1) is 0 Å². The highest BCUT2D eigenvalue weighted by molar-refractivity contribution is 5.88. The van der Waals surface area contributed by atoms with Crippen molar-refractivity contribution in [2.24, 2.45) is 0 Å². The zero-order valence-corrected chi connectivity index (χ0v) is 9.84. The number of ether oxygens (including phenoxy) is 2. The molecule has 0 aromatic heterocycles. The molecular weight excluding hydrogens is 194 g/mol. The Hall–Kier alpha value is -0.870. The summed E-state index contributed by atoms with van der Waals surface area (Å²) in [6.45, 7) is 9.03. The molecule has 0 spiro atoms. The second-order valence-corrected chi connectivity index (χ2v) is 3.39. The molecule has 0 aliphatic rings. The number of carbonyl (C=O) groups excluding carboxylic acids is 1. The number of carbonyl (C=O) groups is 1. The van der Waals surface area contributed by atoms with Crippen molar-refractivity contribution in [3.63, 3.8) is 0 Å². The maximum absolute atomic E-state index is 11.2. The minimum Gasteiger partial charge on any atom is -0.463 e. The van der Waals surface area contributed by atoms with E-state index in [-0.39, 0.29) is 5.97 Å². The minimum absolute atomic E-state index is 0.302. The Kier molecular flexibility index (Phi) is 7.95. The Labute approximate surface area is 91.6 Å². The number of hydrogen-bond acceptors (Lipinski definition) is 4. The van der Waals surface area contributed by atoms with Gasteiger partial charge in [0.1, 0.15) is 0 Å². The summed E-state index contributed by atoms with van der Waals surface area (Å²) in [5.41, 5.74) is 0.459. The molecule has 15 heavy (non-hydrogen) atoms. The first-order valence-corrected chi connectivity index (χ1v) is 5.19. The summed E-state index contributed by atoms with van der Waals surface area (Å²) < 4.78 is 9.77. The Morgan fingerprint density at radius 1 is 1.53 bits per heavy atom. The number of methoxy groups -OCH3 is 1.